The molecular formula is C19H19ClN2O2S. The van der Waals surface area contributed by atoms with Gasteiger partial charge in [-0.2, -0.15) is 0 Å². The molecule has 1 heterocycles. The summed E-state index contributed by atoms with van der Waals surface area (Å²) in [6.45, 7) is 2.91. The lowest BCUT2D eigenvalue weighted by atomic mass is 10.2. The van der Waals surface area contributed by atoms with Crippen LogP contribution in [-0.4, -0.2) is 17.5 Å². The van der Waals surface area contributed by atoms with E-state index in [4.69, 9.17) is 16.3 Å². The lowest BCUT2D eigenvalue weighted by Crippen LogP contribution is -2.22. The van der Waals surface area contributed by atoms with Crippen molar-refractivity contribution in [3.8, 4) is 5.75 Å². The van der Waals surface area contributed by atoms with Gasteiger partial charge in [-0.1, -0.05) is 23.7 Å². The number of carbonyl (C=O) groups is 1. The first-order chi connectivity index (χ1) is 12.1. The number of para-hydroxylation sites is 1. The molecule has 3 aromatic rings. The van der Waals surface area contributed by atoms with Crippen LogP contribution in [0.1, 0.15) is 23.4 Å². The highest BCUT2D eigenvalue weighted by atomic mass is 35.5. The van der Waals surface area contributed by atoms with Crippen LogP contribution in [0.15, 0.2) is 42.5 Å². The van der Waals surface area contributed by atoms with Crippen LogP contribution in [0.3, 0.4) is 0 Å². The summed E-state index contributed by atoms with van der Waals surface area (Å²) in [5.41, 5.74) is 1.97. The zero-order valence-electron chi connectivity index (χ0n) is 13.9. The molecule has 1 amide bonds. The van der Waals surface area contributed by atoms with Gasteiger partial charge in [0.2, 0.25) is 5.91 Å². The summed E-state index contributed by atoms with van der Waals surface area (Å²) in [6, 6.07) is 13.5. The molecule has 3 rings (SSSR count). The van der Waals surface area contributed by atoms with Gasteiger partial charge < -0.3 is 10.1 Å². The Morgan fingerprint density at radius 2 is 2.12 bits per heavy atom. The van der Waals surface area contributed by atoms with Crippen LogP contribution in [0.4, 0.5) is 0 Å². The lowest BCUT2D eigenvalue weighted by molar-refractivity contribution is -0.121. The van der Waals surface area contributed by atoms with E-state index in [1.54, 1.807) is 17.4 Å². The Morgan fingerprint density at radius 1 is 1.28 bits per heavy atom. The van der Waals surface area contributed by atoms with Crippen LogP contribution in [-0.2, 0) is 11.3 Å². The lowest BCUT2D eigenvalue weighted by Gasteiger charge is -2.09. The smallest absolute Gasteiger partial charge is 0.220 e. The number of amides is 1. The summed E-state index contributed by atoms with van der Waals surface area (Å²) >= 11 is 7.52. The van der Waals surface area contributed by atoms with E-state index in [0.29, 0.717) is 31.0 Å². The highest BCUT2D eigenvalue weighted by molar-refractivity contribution is 7.18. The molecule has 0 unspecified atom stereocenters. The standard InChI is InChI=1S/C19H19ClN2O2S/c1-13-11-14(20)8-9-16(13)24-10-4-7-18(23)21-12-19-22-15-5-2-3-6-17(15)25-19/h2-3,5-6,8-9,11H,4,7,10,12H2,1H3,(H,21,23). The van der Waals surface area contributed by atoms with Crippen molar-refractivity contribution in [2.75, 3.05) is 6.61 Å². The summed E-state index contributed by atoms with van der Waals surface area (Å²) in [5, 5.41) is 4.53. The normalized spacial score (nSPS) is 10.8. The first kappa shape index (κ1) is 17.7. The quantitative estimate of drug-likeness (QED) is 0.608. The van der Waals surface area contributed by atoms with Crippen molar-refractivity contribution in [2.24, 2.45) is 0 Å². The number of ether oxygens (including phenoxy) is 1. The summed E-state index contributed by atoms with van der Waals surface area (Å²) in [5.74, 6) is 0.815. The highest BCUT2D eigenvalue weighted by Crippen LogP contribution is 2.22. The fourth-order valence-corrected chi connectivity index (χ4v) is 3.58. The molecule has 0 spiro atoms. The largest absolute Gasteiger partial charge is 0.493 e. The molecule has 0 aliphatic rings. The second kappa shape index (κ2) is 8.32. The van der Waals surface area contributed by atoms with E-state index in [1.807, 2.05) is 43.3 Å². The predicted molar refractivity (Wildman–Crippen MR) is 102 cm³/mol. The van der Waals surface area contributed by atoms with E-state index in [9.17, 15) is 4.79 Å². The van der Waals surface area contributed by atoms with Crippen molar-refractivity contribution in [3.63, 3.8) is 0 Å². The van der Waals surface area contributed by atoms with Crippen LogP contribution in [0.5, 0.6) is 5.75 Å². The highest BCUT2D eigenvalue weighted by Gasteiger charge is 2.06. The van der Waals surface area contributed by atoms with Crippen molar-refractivity contribution >= 4 is 39.1 Å². The average Bonchev–Trinajstić information content (AvgIpc) is 3.01. The molecule has 0 saturated carbocycles. The van der Waals surface area contributed by atoms with Crippen molar-refractivity contribution in [2.45, 2.75) is 26.3 Å². The van der Waals surface area contributed by atoms with Gasteiger partial charge in [-0.3, -0.25) is 4.79 Å². The van der Waals surface area contributed by atoms with Crippen molar-refractivity contribution < 1.29 is 9.53 Å². The molecule has 2 aromatic carbocycles. The number of carbonyl (C=O) groups excluding carboxylic acids is 1. The minimum Gasteiger partial charge on any atom is -0.493 e. The maximum Gasteiger partial charge on any atom is 0.220 e. The molecule has 6 heteroatoms. The van der Waals surface area contributed by atoms with Crippen molar-refractivity contribution in [1.29, 1.82) is 0 Å². The predicted octanol–water partition coefficient (Wildman–Crippen LogP) is 4.73. The van der Waals surface area contributed by atoms with Crippen LogP contribution >= 0.6 is 22.9 Å². The number of nitrogens with one attached hydrogen (secondary N) is 1. The zero-order chi connectivity index (χ0) is 17.6. The molecule has 1 aromatic heterocycles. The second-order valence-electron chi connectivity index (χ2n) is 5.71. The maximum atomic E-state index is 11.9. The van der Waals surface area contributed by atoms with E-state index >= 15 is 0 Å². The average molecular weight is 375 g/mol. The summed E-state index contributed by atoms with van der Waals surface area (Å²) < 4.78 is 6.83. The van der Waals surface area contributed by atoms with Crippen LogP contribution in [0, 0.1) is 6.92 Å². The van der Waals surface area contributed by atoms with Gasteiger partial charge in [0.05, 0.1) is 23.4 Å². The number of nitrogens with zero attached hydrogens (tertiary/aromatic N) is 1. The van der Waals surface area contributed by atoms with Gasteiger partial charge in [0, 0.05) is 11.4 Å². The number of benzene rings is 2. The monoisotopic (exact) mass is 374 g/mol. The summed E-state index contributed by atoms with van der Waals surface area (Å²) in [7, 11) is 0. The first-order valence-corrected chi connectivity index (χ1v) is 9.31. The molecule has 0 atom stereocenters. The SMILES string of the molecule is Cc1cc(Cl)ccc1OCCCC(=O)NCc1nc2ccccc2s1. The number of aromatic nitrogens is 1. The molecule has 1 N–H and O–H groups in total. The molecule has 0 radical (unpaired) electrons. The Kier molecular flexibility index (Phi) is 5.89. The van der Waals surface area contributed by atoms with Gasteiger partial charge in [-0.15, -0.1) is 11.3 Å². The molecule has 0 saturated heterocycles. The zero-order valence-corrected chi connectivity index (χ0v) is 15.5. The number of thiazole rings is 1. The maximum absolute atomic E-state index is 11.9. The van der Waals surface area contributed by atoms with Gasteiger partial charge in [0.25, 0.3) is 0 Å². The third-order valence-electron chi connectivity index (χ3n) is 3.72. The number of halogens is 1. The van der Waals surface area contributed by atoms with Crippen LogP contribution < -0.4 is 10.1 Å². The van der Waals surface area contributed by atoms with Gasteiger partial charge in [-0.05, 0) is 49.2 Å². The Hall–Kier alpha value is -2.11. The first-order valence-electron chi connectivity index (χ1n) is 8.12. The fraction of sp³-hybridized carbons (Fsp3) is 0.263. The van der Waals surface area contributed by atoms with E-state index < -0.39 is 0 Å². The second-order valence-corrected chi connectivity index (χ2v) is 7.27. The van der Waals surface area contributed by atoms with Crippen molar-refractivity contribution in [1.82, 2.24) is 10.3 Å². The van der Waals surface area contributed by atoms with Gasteiger partial charge in [0.1, 0.15) is 10.8 Å². The molecule has 0 aliphatic carbocycles. The summed E-state index contributed by atoms with van der Waals surface area (Å²) in [6.07, 6.45) is 1.09. The minimum absolute atomic E-state index is 0.00989. The number of hydrogen-bond donors (Lipinski definition) is 1. The molecule has 0 fully saturated rings. The minimum atomic E-state index is 0.00989. The number of rotatable bonds is 7. The van der Waals surface area contributed by atoms with E-state index in [-0.39, 0.29) is 5.91 Å². The Bertz CT molecular complexity index is 846. The Morgan fingerprint density at radius 3 is 2.92 bits per heavy atom. The van der Waals surface area contributed by atoms with Gasteiger partial charge in [0.15, 0.2) is 0 Å². The van der Waals surface area contributed by atoms with Crippen LogP contribution in [0.25, 0.3) is 10.2 Å². The molecule has 4 nitrogen and oxygen atoms in total. The van der Waals surface area contributed by atoms with E-state index in [0.717, 1.165) is 26.5 Å². The summed E-state index contributed by atoms with van der Waals surface area (Å²) in [4.78, 5) is 16.5. The van der Waals surface area contributed by atoms with Crippen molar-refractivity contribution in [3.05, 3.63) is 58.1 Å². The number of aryl methyl sites for hydroxylation is 1. The van der Waals surface area contributed by atoms with E-state index in [2.05, 4.69) is 10.3 Å². The topological polar surface area (TPSA) is 51.2 Å². The molecule has 0 aliphatic heterocycles. The third-order valence-corrected chi connectivity index (χ3v) is 4.99. The fourth-order valence-electron chi connectivity index (χ4n) is 2.45. The molecule has 0 bridgehead atoms. The Labute approximate surface area is 155 Å². The number of fused-ring (bicyclic) bond motifs is 1. The van der Waals surface area contributed by atoms with Crippen LogP contribution in [0.2, 0.25) is 5.02 Å². The molecule has 25 heavy (non-hydrogen) atoms. The molecule has 130 valence electrons. The third kappa shape index (κ3) is 4.94. The van der Waals surface area contributed by atoms with Gasteiger partial charge in [-0.25, -0.2) is 4.98 Å². The van der Waals surface area contributed by atoms with Gasteiger partial charge >= 0.3 is 0 Å². The number of hydrogen-bond acceptors (Lipinski definition) is 4. The van der Waals surface area contributed by atoms with E-state index in [1.165, 1.54) is 0 Å². The molecular weight excluding hydrogens is 356 g/mol. The Balaban J connectivity index is 1.39.